The van der Waals surface area contributed by atoms with Gasteiger partial charge in [-0.25, -0.2) is 18.1 Å². The molecule has 0 aliphatic heterocycles. The minimum Gasteiger partial charge on any atom is -0.261 e. The first-order valence-corrected chi connectivity index (χ1v) is 10.8. The van der Waals surface area contributed by atoms with Crippen LogP contribution >= 0.6 is 11.6 Å². The summed E-state index contributed by atoms with van der Waals surface area (Å²) in [4.78, 5) is 4.86. The molecule has 28 heavy (non-hydrogen) atoms. The molecule has 0 unspecified atom stereocenters. The molecule has 144 valence electrons. The molecule has 2 heterocycles. The van der Waals surface area contributed by atoms with E-state index in [9.17, 15) is 8.42 Å². The Labute approximate surface area is 168 Å². The maximum Gasteiger partial charge on any atom is 0.263 e. The van der Waals surface area contributed by atoms with Gasteiger partial charge in [-0.15, -0.1) is 0 Å². The third-order valence-corrected chi connectivity index (χ3v) is 6.07. The second-order valence-electron chi connectivity index (χ2n) is 6.69. The van der Waals surface area contributed by atoms with Crippen molar-refractivity contribution < 1.29 is 8.42 Å². The predicted octanol–water partition coefficient (Wildman–Crippen LogP) is 4.76. The summed E-state index contributed by atoms with van der Waals surface area (Å²) in [6, 6.07) is 13.9. The molecule has 4 rings (SSSR count). The first kappa shape index (κ1) is 18.7. The van der Waals surface area contributed by atoms with Gasteiger partial charge in [-0.2, -0.15) is 5.10 Å². The van der Waals surface area contributed by atoms with Crippen molar-refractivity contribution in [2.24, 2.45) is 0 Å². The average Bonchev–Trinajstić information content (AvgIpc) is 2.96. The van der Waals surface area contributed by atoms with Crippen molar-refractivity contribution in [1.29, 1.82) is 0 Å². The summed E-state index contributed by atoms with van der Waals surface area (Å²) >= 11 is 5.87. The van der Waals surface area contributed by atoms with Crippen molar-refractivity contribution in [2.75, 3.05) is 4.72 Å². The molecule has 4 aromatic rings. The molecule has 8 heteroatoms. The van der Waals surface area contributed by atoms with Gasteiger partial charge in [-0.1, -0.05) is 30.7 Å². The van der Waals surface area contributed by atoms with Gasteiger partial charge in [0.05, 0.1) is 15.8 Å². The summed E-state index contributed by atoms with van der Waals surface area (Å²) in [5.41, 5.74) is 2.63. The normalized spacial score (nSPS) is 12.0. The molecule has 0 spiro atoms. The predicted molar refractivity (Wildman–Crippen MR) is 112 cm³/mol. The molecular weight excluding hydrogens is 396 g/mol. The number of benzene rings is 2. The van der Waals surface area contributed by atoms with Gasteiger partial charge in [0.25, 0.3) is 10.0 Å². The van der Waals surface area contributed by atoms with Gasteiger partial charge < -0.3 is 0 Å². The van der Waals surface area contributed by atoms with Crippen LogP contribution in [0.2, 0.25) is 5.02 Å². The van der Waals surface area contributed by atoms with Crippen LogP contribution in [0, 0.1) is 6.92 Å². The fraction of sp³-hybridized carbons (Fsp3) is 0.200. The number of hydrogen-bond donors (Lipinski definition) is 1. The molecule has 0 amide bonds. The van der Waals surface area contributed by atoms with Crippen LogP contribution in [-0.4, -0.2) is 23.2 Å². The van der Waals surface area contributed by atoms with Crippen LogP contribution in [0.1, 0.15) is 18.9 Å². The maximum absolute atomic E-state index is 12.8. The summed E-state index contributed by atoms with van der Waals surface area (Å²) in [5.74, 6) is 0.272. The number of fused-ring (bicyclic) bond motifs is 2. The molecule has 2 aromatic heterocycles. The second-order valence-corrected chi connectivity index (χ2v) is 8.81. The van der Waals surface area contributed by atoms with Crippen LogP contribution in [0.15, 0.2) is 53.4 Å². The highest BCUT2D eigenvalue weighted by molar-refractivity contribution is 7.92. The summed E-state index contributed by atoms with van der Waals surface area (Å²) in [6.07, 6.45) is 0.855. The van der Waals surface area contributed by atoms with Crippen molar-refractivity contribution in [3.05, 3.63) is 59.1 Å². The summed E-state index contributed by atoms with van der Waals surface area (Å²) in [6.45, 7) is 4.69. The van der Waals surface area contributed by atoms with Gasteiger partial charge in [0, 0.05) is 17.0 Å². The van der Waals surface area contributed by atoms with E-state index >= 15 is 0 Å². The number of nitrogens with zero attached hydrogens (tertiary/aromatic N) is 3. The molecule has 0 bridgehead atoms. The lowest BCUT2D eigenvalue weighted by atomic mass is 10.1. The summed E-state index contributed by atoms with van der Waals surface area (Å²) < 4.78 is 30.0. The van der Waals surface area contributed by atoms with Crippen molar-refractivity contribution in [3.8, 4) is 0 Å². The molecule has 0 saturated carbocycles. The quantitative estimate of drug-likeness (QED) is 0.510. The highest BCUT2D eigenvalue weighted by Crippen LogP contribution is 2.28. The van der Waals surface area contributed by atoms with Crippen molar-refractivity contribution >= 4 is 49.4 Å². The zero-order chi connectivity index (χ0) is 19.9. The largest absolute Gasteiger partial charge is 0.263 e. The van der Waals surface area contributed by atoms with Crippen LogP contribution in [0.5, 0.6) is 0 Å². The topological polar surface area (TPSA) is 76.9 Å². The van der Waals surface area contributed by atoms with E-state index in [4.69, 9.17) is 16.6 Å². The van der Waals surface area contributed by atoms with Crippen LogP contribution in [0.4, 0.5) is 5.82 Å². The first-order chi connectivity index (χ1) is 13.4. The van der Waals surface area contributed by atoms with E-state index in [2.05, 4.69) is 9.82 Å². The fourth-order valence-electron chi connectivity index (χ4n) is 3.10. The Morgan fingerprint density at radius 3 is 2.57 bits per heavy atom. The standard InChI is InChI=1S/C20H19ClN4O2S/c1-3-10-25-20-17(12-14-5-4-13(2)11-18(14)22-20)19(23-25)24-28(26,27)16-8-6-15(21)7-9-16/h4-9,11-12H,3,10H2,1-2H3,(H,23,24). The van der Waals surface area contributed by atoms with Gasteiger partial charge in [0.2, 0.25) is 0 Å². The Balaban J connectivity index is 1.86. The van der Waals surface area contributed by atoms with Crippen molar-refractivity contribution in [1.82, 2.24) is 14.8 Å². The number of anilines is 1. The monoisotopic (exact) mass is 414 g/mol. The highest BCUT2D eigenvalue weighted by Gasteiger charge is 2.20. The van der Waals surface area contributed by atoms with Gasteiger partial charge in [-0.3, -0.25) is 4.72 Å². The van der Waals surface area contributed by atoms with Crippen LogP contribution in [0.25, 0.3) is 21.9 Å². The van der Waals surface area contributed by atoms with Gasteiger partial charge in [-0.05, 0) is 55.3 Å². The van der Waals surface area contributed by atoms with E-state index in [1.165, 1.54) is 12.1 Å². The molecule has 0 aliphatic rings. The number of aromatic nitrogens is 3. The first-order valence-electron chi connectivity index (χ1n) is 8.94. The lowest BCUT2D eigenvalue weighted by Crippen LogP contribution is -2.13. The smallest absolute Gasteiger partial charge is 0.261 e. The van der Waals surface area contributed by atoms with E-state index in [-0.39, 0.29) is 10.7 Å². The highest BCUT2D eigenvalue weighted by atomic mass is 35.5. The number of rotatable bonds is 5. The summed E-state index contributed by atoms with van der Waals surface area (Å²) in [5, 5.41) is 6.57. The van der Waals surface area contributed by atoms with E-state index in [0.717, 1.165) is 22.9 Å². The number of halogens is 1. The lowest BCUT2D eigenvalue weighted by Gasteiger charge is -2.06. The Morgan fingerprint density at radius 1 is 1.11 bits per heavy atom. The van der Waals surface area contributed by atoms with Gasteiger partial charge in [0.15, 0.2) is 11.5 Å². The van der Waals surface area contributed by atoms with Crippen molar-refractivity contribution in [3.63, 3.8) is 0 Å². The average molecular weight is 415 g/mol. The number of hydrogen-bond acceptors (Lipinski definition) is 4. The Kier molecular flexibility index (Phi) is 4.72. The molecule has 1 N–H and O–H groups in total. The van der Waals surface area contributed by atoms with E-state index in [0.29, 0.717) is 22.6 Å². The molecule has 0 saturated heterocycles. The number of sulfonamides is 1. The molecule has 0 aliphatic carbocycles. The molecule has 6 nitrogen and oxygen atoms in total. The molecular formula is C20H19ClN4O2S. The van der Waals surface area contributed by atoms with Crippen molar-refractivity contribution in [2.45, 2.75) is 31.7 Å². The summed E-state index contributed by atoms with van der Waals surface area (Å²) in [7, 11) is -3.80. The molecule has 0 radical (unpaired) electrons. The zero-order valence-electron chi connectivity index (χ0n) is 15.5. The molecule has 0 fully saturated rings. The third kappa shape index (κ3) is 3.43. The second kappa shape index (κ2) is 7.07. The number of pyridine rings is 1. The Hall–Kier alpha value is -2.64. The SMILES string of the molecule is CCCn1nc(NS(=O)(=O)c2ccc(Cl)cc2)c2cc3ccc(C)cc3nc21. The van der Waals surface area contributed by atoms with Gasteiger partial charge >= 0.3 is 0 Å². The van der Waals surface area contributed by atoms with Crippen LogP contribution in [0.3, 0.4) is 0 Å². The third-order valence-electron chi connectivity index (χ3n) is 4.46. The lowest BCUT2D eigenvalue weighted by molar-refractivity contribution is 0.599. The Bertz CT molecular complexity index is 1280. The number of nitrogens with one attached hydrogen (secondary N) is 1. The van der Waals surface area contributed by atoms with Gasteiger partial charge in [0.1, 0.15) is 0 Å². The zero-order valence-corrected chi connectivity index (χ0v) is 17.0. The minimum absolute atomic E-state index is 0.125. The molecule has 0 atom stereocenters. The Morgan fingerprint density at radius 2 is 1.86 bits per heavy atom. The number of aryl methyl sites for hydroxylation is 2. The van der Waals surface area contributed by atoms with Crippen LogP contribution in [-0.2, 0) is 16.6 Å². The van der Waals surface area contributed by atoms with Crippen LogP contribution < -0.4 is 4.72 Å². The van der Waals surface area contributed by atoms with E-state index in [1.54, 1.807) is 16.8 Å². The minimum atomic E-state index is -3.80. The maximum atomic E-state index is 12.8. The van der Waals surface area contributed by atoms with E-state index in [1.807, 2.05) is 38.1 Å². The fourth-order valence-corrected chi connectivity index (χ4v) is 4.25. The molecule has 2 aromatic carbocycles. The van der Waals surface area contributed by atoms with E-state index < -0.39 is 10.0 Å².